The topological polar surface area (TPSA) is 17.1 Å². The molecular weight excluding hydrogens is 136 g/mol. The molecule has 0 unspecified atom stereocenters. The molecule has 0 spiro atoms. The Morgan fingerprint density at radius 3 is 2.27 bits per heavy atom. The molecule has 1 nitrogen and oxygen atoms in total. The summed E-state index contributed by atoms with van der Waals surface area (Å²) in [4.78, 5) is 10.8. The Morgan fingerprint density at radius 2 is 1.91 bits per heavy atom. The number of rotatable bonds is 3. The molecule has 0 aliphatic carbocycles. The molecule has 1 heteroatoms. The van der Waals surface area contributed by atoms with Gasteiger partial charge in [0.05, 0.1) is 0 Å². The second-order valence-electron chi connectivity index (χ2n) is 2.81. The van der Waals surface area contributed by atoms with Crippen molar-refractivity contribution < 1.29 is 4.79 Å². The second-order valence-corrected chi connectivity index (χ2v) is 2.81. The number of hydrogen-bond acceptors (Lipinski definition) is 1. The highest BCUT2D eigenvalue weighted by Crippen LogP contribution is 2.04. The van der Waals surface area contributed by atoms with Crippen molar-refractivity contribution in [3.05, 3.63) is 23.8 Å². The molecule has 0 aliphatic rings. The standard InChI is InChI=1S/C10H16O/c1-5-6-8(2)7-9(3)10(4)11/h5-7,9H,1-4H3/b6-5+,8-7+/t9-/m1/s1. The van der Waals surface area contributed by atoms with Crippen LogP contribution in [-0.2, 0) is 4.79 Å². The van der Waals surface area contributed by atoms with Crippen LogP contribution in [-0.4, -0.2) is 5.78 Å². The second kappa shape index (κ2) is 4.89. The normalized spacial score (nSPS) is 15.5. The molecule has 0 bridgehead atoms. The fraction of sp³-hybridized carbons (Fsp3) is 0.500. The van der Waals surface area contributed by atoms with Crippen LogP contribution in [0.15, 0.2) is 23.8 Å². The van der Waals surface area contributed by atoms with Gasteiger partial charge in [0.2, 0.25) is 0 Å². The average Bonchev–Trinajstić information content (AvgIpc) is 1.87. The molecule has 0 aliphatic heterocycles. The smallest absolute Gasteiger partial charge is 0.136 e. The summed E-state index contributed by atoms with van der Waals surface area (Å²) in [5.74, 6) is 0.264. The molecule has 0 saturated heterocycles. The first kappa shape index (κ1) is 10.2. The van der Waals surface area contributed by atoms with Crippen LogP contribution in [0.3, 0.4) is 0 Å². The Balaban J connectivity index is 4.18. The van der Waals surface area contributed by atoms with Gasteiger partial charge in [-0.3, -0.25) is 4.79 Å². The maximum Gasteiger partial charge on any atom is 0.136 e. The van der Waals surface area contributed by atoms with Crippen LogP contribution in [0.1, 0.15) is 27.7 Å². The Morgan fingerprint density at radius 1 is 1.36 bits per heavy atom. The van der Waals surface area contributed by atoms with Gasteiger partial charge in [-0.25, -0.2) is 0 Å². The minimum absolute atomic E-state index is 0.0474. The lowest BCUT2D eigenvalue weighted by Crippen LogP contribution is -2.02. The molecule has 11 heavy (non-hydrogen) atoms. The first-order chi connectivity index (χ1) is 5.07. The zero-order valence-corrected chi connectivity index (χ0v) is 7.72. The quantitative estimate of drug-likeness (QED) is 0.568. The lowest BCUT2D eigenvalue weighted by molar-refractivity contribution is -0.118. The Kier molecular flexibility index (Phi) is 4.51. The molecule has 0 radical (unpaired) electrons. The zero-order chi connectivity index (χ0) is 8.85. The molecule has 0 rings (SSSR count). The first-order valence-corrected chi connectivity index (χ1v) is 3.89. The first-order valence-electron chi connectivity index (χ1n) is 3.89. The predicted octanol–water partition coefficient (Wildman–Crippen LogP) is 2.73. The van der Waals surface area contributed by atoms with Crippen LogP contribution in [0.2, 0.25) is 0 Å². The molecule has 0 aromatic heterocycles. The summed E-state index contributed by atoms with van der Waals surface area (Å²) in [6, 6.07) is 0. The van der Waals surface area contributed by atoms with Crippen molar-refractivity contribution in [2.24, 2.45) is 5.92 Å². The molecule has 62 valence electrons. The maximum atomic E-state index is 10.8. The van der Waals surface area contributed by atoms with Gasteiger partial charge >= 0.3 is 0 Å². The summed E-state index contributed by atoms with van der Waals surface area (Å²) in [6.07, 6.45) is 5.94. The van der Waals surface area contributed by atoms with Gasteiger partial charge in [0.1, 0.15) is 5.78 Å². The van der Waals surface area contributed by atoms with E-state index in [1.165, 1.54) is 0 Å². The molecule has 0 aromatic carbocycles. The lowest BCUT2D eigenvalue weighted by Gasteiger charge is -2.00. The van der Waals surface area contributed by atoms with Crippen LogP contribution in [0.5, 0.6) is 0 Å². The van der Waals surface area contributed by atoms with E-state index >= 15 is 0 Å². The van der Waals surface area contributed by atoms with Crippen molar-refractivity contribution in [3.8, 4) is 0 Å². The van der Waals surface area contributed by atoms with Crippen LogP contribution >= 0.6 is 0 Å². The average molecular weight is 152 g/mol. The third-order valence-corrected chi connectivity index (χ3v) is 1.58. The predicted molar refractivity (Wildman–Crippen MR) is 48.4 cm³/mol. The van der Waals surface area contributed by atoms with Crippen molar-refractivity contribution >= 4 is 5.78 Å². The molecule has 1 atom stereocenters. The zero-order valence-electron chi connectivity index (χ0n) is 7.72. The van der Waals surface area contributed by atoms with Gasteiger partial charge in [-0.2, -0.15) is 0 Å². The van der Waals surface area contributed by atoms with E-state index in [1.54, 1.807) is 6.92 Å². The summed E-state index contributed by atoms with van der Waals surface area (Å²) < 4.78 is 0. The third kappa shape index (κ3) is 4.54. The van der Waals surface area contributed by atoms with E-state index in [4.69, 9.17) is 0 Å². The molecule has 0 N–H and O–H groups in total. The van der Waals surface area contributed by atoms with Gasteiger partial charge in [0.25, 0.3) is 0 Å². The molecule has 0 amide bonds. The van der Waals surface area contributed by atoms with Crippen molar-refractivity contribution in [3.63, 3.8) is 0 Å². The number of Topliss-reactive ketones (excluding diaryl/α,β-unsaturated/α-hetero) is 1. The summed E-state index contributed by atoms with van der Waals surface area (Å²) >= 11 is 0. The Labute approximate surface area is 68.8 Å². The van der Waals surface area contributed by atoms with Crippen LogP contribution < -0.4 is 0 Å². The van der Waals surface area contributed by atoms with E-state index in [1.807, 2.05) is 39.0 Å². The number of ketones is 1. The number of carbonyl (C=O) groups is 1. The molecular formula is C10H16O. The van der Waals surface area contributed by atoms with Crippen LogP contribution in [0.4, 0.5) is 0 Å². The summed E-state index contributed by atoms with van der Waals surface area (Å²) in [5.41, 5.74) is 1.15. The Hall–Kier alpha value is -0.850. The number of allylic oxidation sites excluding steroid dienone is 4. The van der Waals surface area contributed by atoms with E-state index in [2.05, 4.69) is 0 Å². The number of carbonyl (C=O) groups excluding carboxylic acids is 1. The summed E-state index contributed by atoms with van der Waals surface area (Å²) in [7, 11) is 0. The summed E-state index contributed by atoms with van der Waals surface area (Å²) in [6.45, 7) is 7.49. The highest BCUT2D eigenvalue weighted by molar-refractivity contribution is 5.79. The van der Waals surface area contributed by atoms with Gasteiger partial charge in [-0.15, -0.1) is 0 Å². The molecule has 0 saturated carbocycles. The molecule has 0 aromatic rings. The fourth-order valence-corrected chi connectivity index (χ4v) is 0.830. The minimum atomic E-state index is 0.0474. The van der Waals surface area contributed by atoms with E-state index in [9.17, 15) is 4.79 Å². The Bertz CT molecular complexity index is 187. The molecule has 0 heterocycles. The number of hydrogen-bond donors (Lipinski definition) is 0. The van der Waals surface area contributed by atoms with Crippen molar-refractivity contribution in [1.82, 2.24) is 0 Å². The molecule has 0 fully saturated rings. The van der Waals surface area contributed by atoms with E-state index in [0.717, 1.165) is 5.57 Å². The van der Waals surface area contributed by atoms with E-state index in [-0.39, 0.29) is 11.7 Å². The summed E-state index contributed by atoms with van der Waals surface area (Å²) in [5, 5.41) is 0. The van der Waals surface area contributed by atoms with Crippen LogP contribution in [0, 0.1) is 5.92 Å². The van der Waals surface area contributed by atoms with Gasteiger partial charge in [-0.05, 0) is 20.8 Å². The van der Waals surface area contributed by atoms with E-state index < -0.39 is 0 Å². The minimum Gasteiger partial charge on any atom is -0.299 e. The van der Waals surface area contributed by atoms with Gasteiger partial charge in [-0.1, -0.05) is 30.7 Å². The highest BCUT2D eigenvalue weighted by Gasteiger charge is 2.01. The van der Waals surface area contributed by atoms with Crippen molar-refractivity contribution in [2.45, 2.75) is 27.7 Å². The van der Waals surface area contributed by atoms with Gasteiger partial charge in [0, 0.05) is 5.92 Å². The van der Waals surface area contributed by atoms with E-state index in [0.29, 0.717) is 0 Å². The van der Waals surface area contributed by atoms with Gasteiger partial charge < -0.3 is 0 Å². The fourth-order valence-electron chi connectivity index (χ4n) is 0.830. The van der Waals surface area contributed by atoms with Crippen molar-refractivity contribution in [1.29, 1.82) is 0 Å². The van der Waals surface area contributed by atoms with Gasteiger partial charge in [0.15, 0.2) is 0 Å². The maximum absolute atomic E-state index is 10.8. The SMILES string of the molecule is C/C=C/C(C)=C/[C@@H](C)C(C)=O. The lowest BCUT2D eigenvalue weighted by atomic mass is 10.0. The third-order valence-electron chi connectivity index (χ3n) is 1.58. The monoisotopic (exact) mass is 152 g/mol. The highest BCUT2D eigenvalue weighted by atomic mass is 16.1. The van der Waals surface area contributed by atoms with Crippen molar-refractivity contribution in [2.75, 3.05) is 0 Å². The largest absolute Gasteiger partial charge is 0.299 e. The van der Waals surface area contributed by atoms with Crippen LogP contribution in [0.25, 0.3) is 0 Å².